The molecule has 0 unspecified atom stereocenters. The Morgan fingerprint density at radius 1 is 1.27 bits per heavy atom. The van der Waals surface area contributed by atoms with E-state index in [1.807, 2.05) is 64.2 Å². The lowest BCUT2D eigenvalue weighted by Gasteiger charge is -2.09. The van der Waals surface area contributed by atoms with Crippen LogP contribution in [0.4, 0.5) is 0 Å². The Bertz CT molecular complexity index is 808. The molecule has 0 aliphatic heterocycles. The van der Waals surface area contributed by atoms with E-state index >= 15 is 0 Å². The predicted molar refractivity (Wildman–Crippen MR) is 106 cm³/mol. The maximum Gasteiger partial charge on any atom is 0.272 e. The van der Waals surface area contributed by atoms with Crippen LogP contribution in [0.1, 0.15) is 42.5 Å². The van der Waals surface area contributed by atoms with Gasteiger partial charge in [0.25, 0.3) is 5.91 Å². The third kappa shape index (κ3) is 4.92. The zero-order valence-electron chi connectivity index (χ0n) is 15.7. The van der Waals surface area contributed by atoms with Crippen molar-refractivity contribution in [1.29, 1.82) is 0 Å². The quantitative estimate of drug-likeness (QED) is 0.703. The molecule has 0 fully saturated rings. The second-order valence-electron chi connectivity index (χ2n) is 5.45. The Hall–Kier alpha value is -3.15. The molecule has 26 heavy (non-hydrogen) atoms. The third-order valence-electron chi connectivity index (χ3n) is 3.60. The molecule has 0 aromatic carbocycles. The minimum absolute atomic E-state index is 0.235. The number of allylic oxidation sites excluding steroid dienone is 9. The highest BCUT2D eigenvalue weighted by Crippen LogP contribution is 2.26. The van der Waals surface area contributed by atoms with Crippen molar-refractivity contribution >= 4 is 23.1 Å². The molecular formula is C20H26N4O2. The Labute approximate surface area is 154 Å². The van der Waals surface area contributed by atoms with Crippen molar-refractivity contribution in [1.82, 2.24) is 15.1 Å². The van der Waals surface area contributed by atoms with Gasteiger partial charge in [0.15, 0.2) is 5.69 Å². The first-order chi connectivity index (χ1) is 12.4. The number of nitrogens with zero attached hydrogens (tertiary/aromatic N) is 2. The average molecular weight is 354 g/mol. The molecule has 1 rings (SSSR count). The third-order valence-corrected chi connectivity index (χ3v) is 3.60. The predicted octanol–water partition coefficient (Wildman–Crippen LogP) is 2.99. The SMILES string of the molecule is C=C/C(=C\C=C/C)c1c(C)c(C(=O)NCC(N)=O)nn1C(/C=C\C)=C/C. The summed E-state index contributed by atoms with van der Waals surface area (Å²) in [5, 5.41) is 6.96. The molecule has 1 heterocycles. The summed E-state index contributed by atoms with van der Waals surface area (Å²) in [4.78, 5) is 23.4. The summed E-state index contributed by atoms with van der Waals surface area (Å²) < 4.78 is 1.70. The number of hydrogen-bond donors (Lipinski definition) is 2. The van der Waals surface area contributed by atoms with E-state index in [2.05, 4.69) is 17.0 Å². The van der Waals surface area contributed by atoms with Crippen LogP contribution in [0.5, 0.6) is 0 Å². The minimum Gasteiger partial charge on any atom is -0.368 e. The van der Waals surface area contributed by atoms with E-state index in [1.165, 1.54) is 0 Å². The van der Waals surface area contributed by atoms with Gasteiger partial charge in [-0.3, -0.25) is 9.59 Å². The maximum atomic E-state index is 12.4. The first-order valence-corrected chi connectivity index (χ1v) is 8.32. The lowest BCUT2D eigenvalue weighted by Crippen LogP contribution is -2.33. The number of rotatable bonds is 8. The zero-order valence-corrected chi connectivity index (χ0v) is 15.7. The van der Waals surface area contributed by atoms with Gasteiger partial charge in [-0.15, -0.1) is 0 Å². The zero-order chi connectivity index (χ0) is 19.7. The molecule has 0 aliphatic carbocycles. The first-order valence-electron chi connectivity index (χ1n) is 8.32. The van der Waals surface area contributed by atoms with Crippen molar-refractivity contribution in [2.45, 2.75) is 27.7 Å². The van der Waals surface area contributed by atoms with Crippen LogP contribution in [0.25, 0.3) is 11.3 Å². The minimum atomic E-state index is -0.613. The largest absolute Gasteiger partial charge is 0.368 e. The van der Waals surface area contributed by atoms with Gasteiger partial charge in [-0.05, 0) is 39.3 Å². The second-order valence-corrected chi connectivity index (χ2v) is 5.45. The summed E-state index contributed by atoms with van der Waals surface area (Å²) in [6.45, 7) is 11.2. The second kappa shape index (κ2) is 9.98. The van der Waals surface area contributed by atoms with Gasteiger partial charge in [-0.25, -0.2) is 4.68 Å². The van der Waals surface area contributed by atoms with E-state index in [9.17, 15) is 9.59 Å². The van der Waals surface area contributed by atoms with Crippen LogP contribution in [0.3, 0.4) is 0 Å². The van der Waals surface area contributed by atoms with E-state index in [0.29, 0.717) is 5.56 Å². The molecule has 2 amide bonds. The van der Waals surface area contributed by atoms with Gasteiger partial charge in [-0.2, -0.15) is 5.10 Å². The van der Waals surface area contributed by atoms with Crippen LogP contribution in [0.15, 0.2) is 49.1 Å². The number of aromatic nitrogens is 2. The van der Waals surface area contributed by atoms with Crippen molar-refractivity contribution in [2.75, 3.05) is 6.54 Å². The van der Waals surface area contributed by atoms with Crippen LogP contribution in [0.2, 0.25) is 0 Å². The summed E-state index contributed by atoms with van der Waals surface area (Å²) >= 11 is 0. The van der Waals surface area contributed by atoms with Crippen LogP contribution >= 0.6 is 0 Å². The number of nitrogens with one attached hydrogen (secondary N) is 1. The average Bonchev–Trinajstić information content (AvgIpc) is 2.95. The standard InChI is InChI=1S/C20H26N4O2/c1-6-10-12-15(8-3)19-14(5)18(20(26)22-13-17(21)25)23-24(19)16(9-4)11-7-2/h6-12H,3,13H2,1-2,4-5H3,(H2,21,25)(H,22,26)/b10-6-,11-7-,15-12+,16-9+. The summed E-state index contributed by atoms with van der Waals surface area (Å²) in [6.07, 6.45) is 13.1. The number of amides is 2. The molecule has 1 aromatic rings. The lowest BCUT2D eigenvalue weighted by molar-refractivity contribution is -0.117. The number of carbonyl (C=O) groups is 2. The van der Waals surface area contributed by atoms with Crippen molar-refractivity contribution in [3.8, 4) is 0 Å². The molecule has 0 radical (unpaired) electrons. The monoisotopic (exact) mass is 354 g/mol. The van der Waals surface area contributed by atoms with Gasteiger partial charge in [0, 0.05) is 5.56 Å². The maximum absolute atomic E-state index is 12.4. The fourth-order valence-corrected chi connectivity index (χ4v) is 2.39. The van der Waals surface area contributed by atoms with Crippen molar-refractivity contribution < 1.29 is 9.59 Å². The summed E-state index contributed by atoms with van der Waals surface area (Å²) in [6, 6.07) is 0. The smallest absolute Gasteiger partial charge is 0.272 e. The van der Waals surface area contributed by atoms with Gasteiger partial charge in [-0.1, -0.05) is 43.0 Å². The van der Waals surface area contributed by atoms with Gasteiger partial charge >= 0.3 is 0 Å². The highest BCUT2D eigenvalue weighted by Gasteiger charge is 2.22. The van der Waals surface area contributed by atoms with E-state index in [4.69, 9.17) is 5.73 Å². The molecule has 0 saturated carbocycles. The molecule has 0 spiro atoms. The van der Waals surface area contributed by atoms with E-state index < -0.39 is 11.8 Å². The topological polar surface area (TPSA) is 90.0 Å². The number of primary amides is 1. The first kappa shape index (κ1) is 20.9. The fraction of sp³-hybridized carbons (Fsp3) is 0.250. The summed E-state index contributed by atoms with van der Waals surface area (Å²) in [5.74, 6) is -1.06. The van der Waals surface area contributed by atoms with Crippen LogP contribution in [-0.2, 0) is 4.79 Å². The molecule has 0 bridgehead atoms. The van der Waals surface area contributed by atoms with E-state index in [-0.39, 0.29) is 12.2 Å². The molecule has 6 heteroatoms. The number of carbonyl (C=O) groups excluding carboxylic acids is 2. The van der Waals surface area contributed by atoms with Crippen molar-refractivity contribution in [3.63, 3.8) is 0 Å². The van der Waals surface area contributed by atoms with Crippen molar-refractivity contribution in [2.24, 2.45) is 5.73 Å². The molecule has 138 valence electrons. The fourth-order valence-electron chi connectivity index (χ4n) is 2.39. The molecule has 6 nitrogen and oxygen atoms in total. The normalized spacial score (nSPS) is 12.8. The van der Waals surface area contributed by atoms with Crippen LogP contribution in [0, 0.1) is 6.92 Å². The Balaban J connectivity index is 3.61. The van der Waals surface area contributed by atoms with E-state index in [1.54, 1.807) is 10.8 Å². The van der Waals surface area contributed by atoms with Crippen LogP contribution in [-0.4, -0.2) is 28.1 Å². The molecule has 0 saturated heterocycles. The lowest BCUT2D eigenvalue weighted by atomic mass is 10.1. The number of nitrogens with two attached hydrogens (primary N) is 1. The van der Waals surface area contributed by atoms with Gasteiger partial charge in [0.1, 0.15) is 0 Å². The molecule has 0 aliphatic rings. The Morgan fingerprint density at radius 3 is 2.46 bits per heavy atom. The van der Waals surface area contributed by atoms with Gasteiger partial charge in [0.2, 0.25) is 5.91 Å². The highest BCUT2D eigenvalue weighted by atomic mass is 16.2. The van der Waals surface area contributed by atoms with Gasteiger partial charge < -0.3 is 11.1 Å². The molecule has 0 atom stereocenters. The highest BCUT2D eigenvalue weighted by molar-refractivity contribution is 5.97. The number of hydrogen-bond acceptors (Lipinski definition) is 3. The summed E-state index contributed by atoms with van der Waals surface area (Å²) in [5.41, 5.74) is 8.42. The van der Waals surface area contributed by atoms with Crippen molar-refractivity contribution in [3.05, 3.63) is 66.1 Å². The van der Waals surface area contributed by atoms with Crippen LogP contribution < -0.4 is 11.1 Å². The molecule has 3 N–H and O–H groups in total. The molecule has 1 aromatic heterocycles. The van der Waals surface area contributed by atoms with E-state index in [0.717, 1.165) is 17.0 Å². The Morgan fingerprint density at radius 2 is 1.96 bits per heavy atom. The van der Waals surface area contributed by atoms with Gasteiger partial charge in [0.05, 0.1) is 17.9 Å². The molecular weight excluding hydrogens is 328 g/mol. The summed E-state index contributed by atoms with van der Waals surface area (Å²) in [7, 11) is 0. The Kier molecular flexibility index (Phi) is 8.02.